The Morgan fingerprint density at radius 2 is 1.96 bits per heavy atom. The molecule has 1 spiro atoms. The molecule has 0 bridgehead atoms. The van der Waals surface area contributed by atoms with Crippen LogP contribution in [-0.4, -0.2) is 47.5 Å². The van der Waals surface area contributed by atoms with Crippen LogP contribution in [0.4, 0.5) is 4.79 Å². The van der Waals surface area contributed by atoms with E-state index in [0.717, 1.165) is 32.1 Å². The Kier molecular flexibility index (Phi) is 4.48. The van der Waals surface area contributed by atoms with Crippen molar-refractivity contribution < 1.29 is 14.3 Å². The Morgan fingerprint density at radius 1 is 1.22 bits per heavy atom. The van der Waals surface area contributed by atoms with Crippen LogP contribution in [0.25, 0.3) is 0 Å². The van der Waals surface area contributed by atoms with Gasteiger partial charge in [0.2, 0.25) is 0 Å². The first-order valence-corrected chi connectivity index (χ1v) is 8.40. The normalized spacial score (nSPS) is 20.4. The Balaban J connectivity index is 1.64. The van der Waals surface area contributed by atoms with Crippen molar-refractivity contribution in [3.05, 3.63) is 29.3 Å². The van der Waals surface area contributed by atoms with E-state index in [1.807, 2.05) is 0 Å². The van der Waals surface area contributed by atoms with E-state index in [1.165, 1.54) is 4.90 Å². The van der Waals surface area contributed by atoms with Gasteiger partial charge >= 0.3 is 6.03 Å². The SMILES string of the molecule is CN1C(=O)N(CCOc2cccc(Cl)c2)C(=O)C12CCCCC2. The molecule has 1 saturated heterocycles. The molecule has 1 aromatic carbocycles. The maximum Gasteiger partial charge on any atom is 0.327 e. The summed E-state index contributed by atoms with van der Waals surface area (Å²) in [5.41, 5.74) is -0.620. The van der Waals surface area contributed by atoms with Gasteiger partial charge in [-0.3, -0.25) is 9.69 Å². The molecule has 2 aliphatic rings. The van der Waals surface area contributed by atoms with E-state index < -0.39 is 5.54 Å². The van der Waals surface area contributed by atoms with Gasteiger partial charge in [-0.25, -0.2) is 4.79 Å². The molecule has 1 aliphatic carbocycles. The molecule has 0 unspecified atom stereocenters. The number of hydrogen-bond acceptors (Lipinski definition) is 3. The van der Waals surface area contributed by atoms with Crippen LogP contribution < -0.4 is 4.74 Å². The molecule has 1 saturated carbocycles. The minimum Gasteiger partial charge on any atom is -0.492 e. The fourth-order valence-corrected chi connectivity index (χ4v) is 3.72. The predicted molar refractivity (Wildman–Crippen MR) is 87.6 cm³/mol. The number of likely N-dealkylation sites (N-methyl/N-ethyl adjacent to an activating group) is 1. The Labute approximate surface area is 141 Å². The Hall–Kier alpha value is -1.75. The highest BCUT2D eigenvalue weighted by molar-refractivity contribution is 6.30. The van der Waals surface area contributed by atoms with Gasteiger partial charge in [0, 0.05) is 12.1 Å². The maximum atomic E-state index is 12.8. The molecule has 1 aromatic rings. The standard InChI is InChI=1S/C17H21ClN2O3/c1-19-16(22)20(15(21)17(19)8-3-2-4-9-17)10-11-23-14-7-5-6-13(18)12-14/h5-7,12H,2-4,8-11H2,1H3. The summed E-state index contributed by atoms with van der Waals surface area (Å²) in [6.45, 7) is 0.526. The number of rotatable bonds is 4. The second-order valence-electron chi connectivity index (χ2n) is 6.20. The van der Waals surface area contributed by atoms with Gasteiger partial charge in [0.15, 0.2) is 0 Å². The molecule has 3 rings (SSSR count). The summed E-state index contributed by atoms with van der Waals surface area (Å²) in [6.07, 6.45) is 4.65. The summed E-state index contributed by atoms with van der Waals surface area (Å²) in [6, 6.07) is 6.86. The number of nitrogens with zero attached hydrogens (tertiary/aromatic N) is 2. The van der Waals surface area contributed by atoms with E-state index in [9.17, 15) is 9.59 Å². The van der Waals surface area contributed by atoms with Crippen LogP contribution in [0.2, 0.25) is 5.02 Å². The van der Waals surface area contributed by atoms with Gasteiger partial charge in [0.25, 0.3) is 5.91 Å². The third kappa shape index (κ3) is 2.90. The zero-order valence-electron chi connectivity index (χ0n) is 13.3. The molecule has 124 valence electrons. The average Bonchev–Trinajstić information content (AvgIpc) is 2.72. The summed E-state index contributed by atoms with van der Waals surface area (Å²) in [4.78, 5) is 28.2. The average molecular weight is 337 g/mol. The molecule has 5 nitrogen and oxygen atoms in total. The summed E-state index contributed by atoms with van der Waals surface area (Å²) in [7, 11) is 1.74. The highest BCUT2D eigenvalue weighted by atomic mass is 35.5. The predicted octanol–water partition coefficient (Wildman–Crippen LogP) is 3.32. The molecule has 6 heteroatoms. The Morgan fingerprint density at radius 3 is 2.65 bits per heavy atom. The summed E-state index contributed by atoms with van der Waals surface area (Å²) in [5.74, 6) is 0.566. The van der Waals surface area contributed by atoms with Crippen molar-refractivity contribution in [2.45, 2.75) is 37.6 Å². The van der Waals surface area contributed by atoms with E-state index in [2.05, 4.69) is 0 Å². The van der Waals surface area contributed by atoms with E-state index in [1.54, 1.807) is 36.2 Å². The van der Waals surface area contributed by atoms with Gasteiger partial charge in [-0.15, -0.1) is 0 Å². The van der Waals surface area contributed by atoms with Crippen LogP contribution in [0, 0.1) is 0 Å². The molecule has 0 N–H and O–H groups in total. The van der Waals surface area contributed by atoms with Gasteiger partial charge in [-0.2, -0.15) is 0 Å². The monoisotopic (exact) mass is 336 g/mol. The smallest absolute Gasteiger partial charge is 0.327 e. The number of hydrogen-bond donors (Lipinski definition) is 0. The van der Waals surface area contributed by atoms with Crippen molar-refractivity contribution in [2.75, 3.05) is 20.2 Å². The zero-order valence-corrected chi connectivity index (χ0v) is 14.0. The lowest BCUT2D eigenvalue weighted by Crippen LogP contribution is -2.49. The number of carbonyl (C=O) groups is 2. The molecule has 1 aliphatic heterocycles. The minimum absolute atomic E-state index is 0.0700. The lowest BCUT2D eigenvalue weighted by atomic mass is 9.81. The fourth-order valence-electron chi connectivity index (χ4n) is 3.54. The van der Waals surface area contributed by atoms with Crippen molar-refractivity contribution in [2.24, 2.45) is 0 Å². The summed E-state index contributed by atoms with van der Waals surface area (Å²) < 4.78 is 5.61. The summed E-state index contributed by atoms with van der Waals surface area (Å²) in [5, 5.41) is 0.594. The van der Waals surface area contributed by atoms with E-state index in [4.69, 9.17) is 16.3 Å². The number of amides is 3. The topological polar surface area (TPSA) is 49.9 Å². The lowest BCUT2D eigenvalue weighted by Gasteiger charge is -2.35. The second-order valence-corrected chi connectivity index (χ2v) is 6.63. The highest BCUT2D eigenvalue weighted by Crippen LogP contribution is 2.39. The van der Waals surface area contributed by atoms with Crippen molar-refractivity contribution in [3.8, 4) is 5.75 Å². The zero-order chi connectivity index (χ0) is 16.4. The molecule has 0 atom stereocenters. The van der Waals surface area contributed by atoms with Crippen LogP contribution >= 0.6 is 11.6 Å². The highest BCUT2D eigenvalue weighted by Gasteiger charge is 2.55. The molecule has 0 radical (unpaired) electrons. The molecule has 23 heavy (non-hydrogen) atoms. The molecule has 3 amide bonds. The van der Waals surface area contributed by atoms with E-state index >= 15 is 0 Å². The quantitative estimate of drug-likeness (QED) is 0.792. The maximum absolute atomic E-state index is 12.8. The first kappa shape index (κ1) is 16.1. The minimum atomic E-state index is -0.620. The molecule has 0 aromatic heterocycles. The third-order valence-corrected chi connectivity index (χ3v) is 5.10. The number of imide groups is 1. The fraction of sp³-hybridized carbons (Fsp3) is 0.529. The van der Waals surface area contributed by atoms with Crippen LogP contribution in [0.1, 0.15) is 32.1 Å². The van der Waals surface area contributed by atoms with Gasteiger partial charge in [-0.1, -0.05) is 36.9 Å². The van der Waals surface area contributed by atoms with E-state index in [0.29, 0.717) is 10.8 Å². The molecule has 2 fully saturated rings. The molecular weight excluding hydrogens is 316 g/mol. The second kappa shape index (κ2) is 6.40. The number of benzene rings is 1. The van der Waals surface area contributed by atoms with Crippen LogP contribution in [0.5, 0.6) is 5.75 Å². The lowest BCUT2D eigenvalue weighted by molar-refractivity contribution is -0.134. The largest absolute Gasteiger partial charge is 0.492 e. The summed E-state index contributed by atoms with van der Waals surface area (Å²) >= 11 is 5.91. The number of carbonyl (C=O) groups excluding carboxylic acids is 2. The van der Waals surface area contributed by atoms with Gasteiger partial charge < -0.3 is 9.64 Å². The van der Waals surface area contributed by atoms with E-state index in [-0.39, 0.29) is 25.1 Å². The Bertz CT molecular complexity index is 614. The van der Waals surface area contributed by atoms with Crippen LogP contribution in [-0.2, 0) is 4.79 Å². The number of ether oxygens (including phenoxy) is 1. The van der Waals surface area contributed by atoms with Crippen molar-refractivity contribution in [1.82, 2.24) is 9.80 Å². The number of halogens is 1. The first-order valence-electron chi connectivity index (χ1n) is 8.03. The van der Waals surface area contributed by atoms with Crippen LogP contribution in [0.15, 0.2) is 24.3 Å². The van der Waals surface area contributed by atoms with Gasteiger partial charge in [0.05, 0.1) is 6.54 Å². The van der Waals surface area contributed by atoms with Crippen LogP contribution in [0.3, 0.4) is 0 Å². The third-order valence-electron chi connectivity index (χ3n) is 4.86. The van der Waals surface area contributed by atoms with Gasteiger partial charge in [0.1, 0.15) is 17.9 Å². The molecule has 1 heterocycles. The van der Waals surface area contributed by atoms with Gasteiger partial charge in [-0.05, 0) is 31.0 Å². The number of urea groups is 1. The van der Waals surface area contributed by atoms with Crippen molar-refractivity contribution in [3.63, 3.8) is 0 Å². The molecular formula is C17H21ClN2O3. The van der Waals surface area contributed by atoms with Crippen molar-refractivity contribution >= 4 is 23.5 Å². The van der Waals surface area contributed by atoms with Crippen molar-refractivity contribution in [1.29, 1.82) is 0 Å². The first-order chi connectivity index (χ1) is 11.0.